The number of fused-ring (bicyclic) bond motifs is 1. The Morgan fingerprint density at radius 3 is 3.12 bits per heavy atom. The van der Waals surface area contributed by atoms with Crippen LogP contribution in [0.15, 0.2) is 48.6 Å². The summed E-state index contributed by atoms with van der Waals surface area (Å²) in [7, 11) is 1.67. The third kappa shape index (κ3) is 3.61. The molecule has 0 amide bonds. The maximum absolute atomic E-state index is 9.73. The molecule has 134 valence electrons. The van der Waals surface area contributed by atoms with Crippen LogP contribution in [-0.4, -0.2) is 50.2 Å². The van der Waals surface area contributed by atoms with Gasteiger partial charge in [-0.3, -0.25) is 19.9 Å². The van der Waals surface area contributed by atoms with Crippen LogP contribution in [0.3, 0.4) is 0 Å². The molecule has 3 rings (SSSR count). The SMILES string of the molecule is C=CC(O)NC1C=Cc2ncn(-c3cncc(/C(C=NC)=C/N)n3)c2C1. The number of nitrogens with zero attached hydrogens (tertiary/aromatic N) is 5. The number of nitrogens with two attached hydrogens (primary N) is 1. The number of aliphatic imine (C=N–C) groups is 1. The maximum atomic E-state index is 9.73. The van der Waals surface area contributed by atoms with Gasteiger partial charge in [0.25, 0.3) is 0 Å². The van der Waals surface area contributed by atoms with Crippen molar-refractivity contribution in [3.8, 4) is 5.82 Å². The molecule has 0 radical (unpaired) electrons. The molecule has 4 N–H and O–H groups in total. The molecule has 1 aliphatic carbocycles. The van der Waals surface area contributed by atoms with Crippen molar-refractivity contribution in [3.63, 3.8) is 0 Å². The lowest BCUT2D eigenvalue weighted by Gasteiger charge is -2.21. The molecule has 8 heteroatoms. The molecule has 2 unspecified atom stereocenters. The standard InChI is InChI=1S/C18H21N7O/c1-3-18(26)23-13-4-5-14-16(6-13)25(11-22-14)17-10-21-9-15(24-17)12(7-19)8-20-2/h3-5,7-11,13,18,23,26H,1,6,19H2,2H3/b12-7+,20-8?. The molecule has 2 aromatic rings. The van der Waals surface area contributed by atoms with Crippen molar-refractivity contribution in [1.82, 2.24) is 24.8 Å². The van der Waals surface area contributed by atoms with E-state index in [0.29, 0.717) is 23.5 Å². The second kappa shape index (κ2) is 7.85. The molecule has 0 fully saturated rings. The number of aliphatic hydroxyl groups excluding tert-OH is 1. The molecule has 2 aromatic heterocycles. The summed E-state index contributed by atoms with van der Waals surface area (Å²) in [6, 6.07) is -0.0335. The first-order chi connectivity index (χ1) is 12.7. The van der Waals surface area contributed by atoms with Crippen molar-refractivity contribution in [1.29, 1.82) is 0 Å². The van der Waals surface area contributed by atoms with Gasteiger partial charge in [-0.15, -0.1) is 0 Å². The van der Waals surface area contributed by atoms with Gasteiger partial charge in [0.15, 0.2) is 5.82 Å². The van der Waals surface area contributed by atoms with E-state index in [1.807, 2.05) is 16.7 Å². The molecular weight excluding hydrogens is 330 g/mol. The van der Waals surface area contributed by atoms with E-state index in [1.165, 1.54) is 12.3 Å². The smallest absolute Gasteiger partial charge is 0.157 e. The van der Waals surface area contributed by atoms with E-state index in [0.717, 1.165) is 11.4 Å². The molecule has 0 saturated heterocycles. The quantitative estimate of drug-likeness (QED) is 0.401. The Morgan fingerprint density at radius 1 is 1.54 bits per heavy atom. The van der Waals surface area contributed by atoms with Gasteiger partial charge in [0.2, 0.25) is 0 Å². The molecule has 0 saturated carbocycles. The fourth-order valence-electron chi connectivity index (χ4n) is 2.76. The Labute approximate surface area is 151 Å². The Hall–Kier alpha value is -3.10. The maximum Gasteiger partial charge on any atom is 0.157 e. The van der Waals surface area contributed by atoms with Crippen LogP contribution in [0.4, 0.5) is 0 Å². The molecule has 2 heterocycles. The highest BCUT2D eigenvalue weighted by molar-refractivity contribution is 6.08. The number of hydrogen-bond donors (Lipinski definition) is 3. The number of allylic oxidation sites excluding steroid dienone is 1. The van der Waals surface area contributed by atoms with E-state index >= 15 is 0 Å². The second-order valence-electron chi connectivity index (χ2n) is 5.74. The van der Waals surface area contributed by atoms with Crippen LogP contribution in [0.1, 0.15) is 17.1 Å². The van der Waals surface area contributed by atoms with Crippen molar-refractivity contribution in [2.45, 2.75) is 18.7 Å². The molecule has 2 atom stereocenters. The van der Waals surface area contributed by atoms with Crippen LogP contribution in [0.2, 0.25) is 0 Å². The summed E-state index contributed by atoms with van der Waals surface area (Å²) >= 11 is 0. The van der Waals surface area contributed by atoms with E-state index in [4.69, 9.17) is 5.73 Å². The van der Waals surface area contributed by atoms with Gasteiger partial charge in [-0.1, -0.05) is 12.7 Å². The molecule has 8 nitrogen and oxygen atoms in total. The van der Waals surface area contributed by atoms with Crippen molar-refractivity contribution in [2.75, 3.05) is 7.05 Å². The van der Waals surface area contributed by atoms with E-state index in [-0.39, 0.29) is 6.04 Å². The van der Waals surface area contributed by atoms with Crippen molar-refractivity contribution >= 4 is 17.9 Å². The normalized spacial score (nSPS) is 18.1. The summed E-state index contributed by atoms with van der Waals surface area (Å²) in [6.07, 6.45) is 13.3. The minimum atomic E-state index is -0.767. The third-order valence-corrected chi connectivity index (χ3v) is 4.02. The van der Waals surface area contributed by atoms with E-state index in [1.54, 1.807) is 32.0 Å². The number of hydrogen-bond acceptors (Lipinski definition) is 7. The summed E-state index contributed by atoms with van der Waals surface area (Å²) in [5, 5.41) is 12.8. The number of aliphatic hydroxyl groups is 1. The van der Waals surface area contributed by atoms with Crippen LogP contribution in [0, 0.1) is 0 Å². The topological polar surface area (TPSA) is 114 Å². The summed E-state index contributed by atoms with van der Waals surface area (Å²) in [5.74, 6) is 0.637. The number of imidazole rings is 1. The highest BCUT2D eigenvalue weighted by atomic mass is 16.3. The Bertz CT molecular complexity index is 881. The molecular formula is C18H21N7O. The van der Waals surface area contributed by atoms with Crippen LogP contribution in [0.5, 0.6) is 0 Å². The van der Waals surface area contributed by atoms with Gasteiger partial charge in [0.1, 0.15) is 12.6 Å². The zero-order chi connectivity index (χ0) is 18.5. The van der Waals surface area contributed by atoms with E-state index < -0.39 is 6.23 Å². The predicted octanol–water partition coefficient (Wildman–Crippen LogP) is 0.694. The lowest BCUT2D eigenvalue weighted by atomic mass is 10.0. The largest absolute Gasteiger partial charge is 0.404 e. The Kier molecular flexibility index (Phi) is 5.35. The number of aromatic nitrogens is 4. The van der Waals surface area contributed by atoms with Gasteiger partial charge >= 0.3 is 0 Å². The van der Waals surface area contributed by atoms with Gasteiger partial charge < -0.3 is 10.8 Å². The average Bonchev–Trinajstić information content (AvgIpc) is 3.09. The minimum absolute atomic E-state index is 0.0335. The number of nitrogens with one attached hydrogen (secondary N) is 1. The fraction of sp³-hybridized carbons (Fsp3) is 0.222. The Balaban J connectivity index is 1.92. The van der Waals surface area contributed by atoms with Crippen LogP contribution in [-0.2, 0) is 6.42 Å². The molecule has 0 spiro atoms. The van der Waals surface area contributed by atoms with Crippen LogP contribution >= 0.6 is 0 Å². The van der Waals surface area contributed by atoms with Gasteiger partial charge in [0.05, 0.1) is 29.5 Å². The molecule has 0 aliphatic heterocycles. The summed E-state index contributed by atoms with van der Waals surface area (Å²) in [6.45, 7) is 3.58. The lowest BCUT2D eigenvalue weighted by molar-refractivity contribution is 0.175. The molecule has 0 bridgehead atoms. The zero-order valence-electron chi connectivity index (χ0n) is 14.4. The van der Waals surface area contributed by atoms with Gasteiger partial charge in [0, 0.05) is 37.5 Å². The number of rotatable bonds is 6. The van der Waals surface area contributed by atoms with Gasteiger partial charge in [-0.2, -0.15) is 0 Å². The van der Waals surface area contributed by atoms with Crippen LogP contribution < -0.4 is 11.1 Å². The molecule has 26 heavy (non-hydrogen) atoms. The monoisotopic (exact) mass is 351 g/mol. The first-order valence-corrected chi connectivity index (χ1v) is 8.14. The molecule has 0 aromatic carbocycles. The predicted molar refractivity (Wildman–Crippen MR) is 102 cm³/mol. The van der Waals surface area contributed by atoms with Crippen LogP contribution in [0.25, 0.3) is 17.5 Å². The summed E-state index contributed by atoms with van der Waals surface area (Å²) in [4.78, 5) is 17.3. The molecule has 1 aliphatic rings. The highest BCUT2D eigenvalue weighted by Crippen LogP contribution is 2.22. The highest BCUT2D eigenvalue weighted by Gasteiger charge is 2.21. The average molecular weight is 351 g/mol. The third-order valence-electron chi connectivity index (χ3n) is 4.02. The van der Waals surface area contributed by atoms with Crippen molar-refractivity contribution in [3.05, 3.63) is 60.7 Å². The second-order valence-corrected chi connectivity index (χ2v) is 5.74. The van der Waals surface area contributed by atoms with E-state index in [2.05, 4.69) is 31.8 Å². The van der Waals surface area contributed by atoms with Crippen molar-refractivity contribution in [2.24, 2.45) is 10.7 Å². The zero-order valence-corrected chi connectivity index (χ0v) is 14.4. The lowest BCUT2D eigenvalue weighted by Crippen LogP contribution is -2.38. The van der Waals surface area contributed by atoms with E-state index in [9.17, 15) is 5.11 Å². The van der Waals surface area contributed by atoms with Crippen molar-refractivity contribution < 1.29 is 5.11 Å². The summed E-state index contributed by atoms with van der Waals surface area (Å²) < 4.78 is 1.89. The van der Waals surface area contributed by atoms with Gasteiger partial charge in [-0.25, -0.2) is 9.97 Å². The minimum Gasteiger partial charge on any atom is -0.404 e. The fourth-order valence-corrected chi connectivity index (χ4v) is 2.76. The first kappa shape index (κ1) is 17.7. The van der Waals surface area contributed by atoms with Gasteiger partial charge in [-0.05, 0) is 12.2 Å². The summed E-state index contributed by atoms with van der Waals surface area (Å²) in [5.41, 5.74) is 8.82. The Morgan fingerprint density at radius 2 is 2.38 bits per heavy atom. The first-order valence-electron chi connectivity index (χ1n) is 8.14.